The molecule has 2 atom stereocenters. The molecule has 4 nitrogen and oxygen atoms in total. The highest BCUT2D eigenvalue weighted by Crippen LogP contribution is 2.55. The van der Waals surface area contributed by atoms with Gasteiger partial charge in [-0.1, -0.05) is 6.92 Å². The van der Waals surface area contributed by atoms with Crippen molar-refractivity contribution in [1.82, 2.24) is 10.2 Å². The summed E-state index contributed by atoms with van der Waals surface area (Å²) in [5, 5.41) is 3.53. The predicted molar refractivity (Wildman–Crippen MR) is 99.1 cm³/mol. The first-order chi connectivity index (χ1) is 10.9. The fourth-order valence-electron chi connectivity index (χ4n) is 6.35. The number of nitrogens with one attached hydrogen (secondary N) is 1. The van der Waals surface area contributed by atoms with E-state index < -0.39 is 0 Å². The van der Waals surface area contributed by atoms with Crippen molar-refractivity contribution in [2.75, 3.05) is 19.6 Å². The molecule has 4 bridgehead atoms. The molecular weight excluding hydrogens is 322 g/mol. The van der Waals surface area contributed by atoms with Gasteiger partial charge in [0.1, 0.15) is 0 Å². The number of carbonyl (C=O) groups excluding carboxylic acids is 1. The Hall–Kier alpha value is -0.320. The lowest BCUT2D eigenvalue weighted by Gasteiger charge is -2.57. The third kappa shape index (κ3) is 3.22. The molecule has 4 aliphatic carbocycles. The fourth-order valence-corrected chi connectivity index (χ4v) is 6.35. The maximum atomic E-state index is 12.9. The van der Waals surface area contributed by atoms with E-state index in [1.54, 1.807) is 0 Å². The number of hydrogen-bond donors (Lipinski definition) is 2. The largest absolute Gasteiger partial charge is 0.349 e. The number of nitrogens with zero attached hydrogens (tertiary/aromatic N) is 1. The van der Waals surface area contributed by atoms with Gasteiger partial charge >= 0.3 is 0 Å². The number of likely N-dealkylation sites (tertiary alicyclic amines) is 1. The number of amides is 1. The van der Waals surface area contributed by atoms with Gasteiger partial charge in [-0.25, -0.2) is 0 Å². The molecule has 24 heavy (non-hydrogen) atoms. The number of rotatable bonds is 4. The molecule has 5 heteroatoms. The third-order valence-electron chi connectivity index (χ3n) is 7.43. The predicted octanol–water partition coefficient (Wildman–Crippen LogP) is 2.55. The Morgan fingerprint density at radius 1 is 1.21 bits per heavy atom. The zero-order valence-electron chi connectivity index (χ0n) is 15.2. The average Bonchev–Trinajstić information content (AvgIpc) is 2.88. The SMILES string of the molecule is CC(C(=O)NC12CC3CC(CC(C3)C1)C2)N1CCC(C)(CN)C1.Cl. The lowest BCUT2D eigenvalue weighted by molar-refractivity contribution is -0.131. The lowest BCUT2D eigenvalue weighted by atomic mass is 9.53. The Kier molecular flexibility index (Phi) is 4.96. The molecule has 5 rings (SSSR count). The van der Waals surface area contributed by atoms with Crippen LogP contribution in [0.25, 0.3) is 0 Å². The standard InChI is InChI=1S/C19H33N3O.ClH/c1-13(22-4-3-18(2,11-20)12-22)17(23)21-19-8-14-5-15(9-19)7-16(6-14)10-19;/h13-16H,3-12,20H2,1-2H3,(H,21,23);1H. The second-order valence-electron chi connectivity index (χ2n) is 9.60. The van der Waals surface area contributed by atoms with E-state index in [-0.39, 0.29) is 35.3 Å². The van der Waals surface area contributed by atoms with Gasteiger partial charge in [0.25, 0.3) is 0 Å². The first-order valence-corrected chi connectivity index (χ1v) is 9.66. The molecule has 0 spiro atoms. The summed E-state index contributed by atoms with van der Waals surface area (Å²) in [6, 6.07) is -0.0172. The van der Waals surface area contributed by atoms with Crippen LogP contribution in [0.15, 0.2) is 0 Å². The first kappa shape index (κ1) is 18.5. The molecule has 0 aromatic carbocycles. The van der Waals surface area contributed by atoms with Gasteiger partial charge in [0, 0.05) is 12.1 Å². The van der Waals surface area contributed by atoms with E-state index in [0.717, 1.165) is 37.3 Å². The summed E-state index contributed by atoms with van der Waals surface area (Å²) in [7, 11) is 0. The van der Waals surface area contributed by atoms with Crippen molar-refractivity contribution in [2.24, 2.45) is 28.9 Å². The number of hydrogen-bond acceptors (Lipinski definition) is 3. The molecule has 0 aromatic rings. The highest BCUT2D eigenvalue weighted by molar-refractivity contribution is 5.85. The molecule has 1 amide bonds. The van der Waals surface area contributed by atoms with Gasteiger partial charge in [0.05, 0.1) is 6.04 Å². The molecule has 1 aliphatic heterocycles. The van der Waals surface area contributed by atoms with Crippen molar-refractivity contribution in [3.63, 3.8) is 0 Å². The Balaban J connectivity index is 0.00000169. The van der Waals surface area contributed by atoms with Crippen LogP contribution in [0.4, 0.5) is 0 Å². The first-order valence-electron chi connectivity index (χ1n) is 9.66. The van der Waals surface area contributed by atoms with Crippen LogP contribution in [0.1, 0.15) is 58.8 Å². The van der Waals surface area contributed by atoms with Crippen molar-refractivity contribution in [3.05, 3.63) is 0 Å². The molecule has 2 unspecified atom stereocenters. The van der Waals surface area contributed by atoms with Crippen LogP contribution in [0.2, 0.25) is 0 Å². The summed E-state index contributed by atoms with van der Waals surface area (Å²) < 4.78 is 0. The zero-order valence-corrected chi connectivity index (χ0v) is 16.0. The summed E-state index contributed by atoms with van der Waals surface area (Å²) >= 11 is 0. The second kappa shape index (κ2) is 6.44. The maximum Gasteiger partial charge on any atom is 0.237 e. The van der Waals surface area contributed by atoms with E-state index in [0.29, 0.717) is 6.54 Å². The van der Waals surface area contributed by atoms with Gasteiger partial charge in [-0.3, -0.25) is 9.69 Å². The molecule has 0 radical (unpaired) electrons. The van der Waals surface area contributed by atoms with Gasteiger partial charge < -0.3 is 11.1 Å². The van der Waals surface area contributed by atoms with Crippen molar-refractivity contribution in [3.8, 4) is 0 Å². The van der Waals surface area contributed by atoms with Crippen LogP contribution in [0, 0.1) is 23.2 Å². The van der Waals surface area contributed by atoms with Gasteiger partial charge in [0.15, 0.2) is 0 Å². The summed E-state index contributed by atoms with van der Waals surface area (Å²) in [4.78, 5) is 15.3. The molecule has 1 heterocycles. The zero-order chi connectivity index (χ0) is 16.2. The smallest absolute Gasteiger partial charge is 0.237 e. The quantitative estimate of drug-likeness (QED) is 0.814. The Morgan fingerprint density at radius 3 is 2.21 bits per heavy atom. The highest BCUT2D eigenvalue weighted by atomic mass is 35.5. The second-order valence-corrected chi connectivity index (χ2v) is 9.60. The average molecular weight is 356 g/mol. The third-order valence-corrected chi connectivity index (χ3v) is 7.43. The summed E-state index contributed by atoms with van der Waals surface area (Å²) in [5.41, 5.74) is 6.24. The monoisotopic (exact) mass is 355 g/mol. The molecule has 1 saturated heterocycles. The van der Waals surface area contributed by atoms with E-state index in [9.17, 15) is 4.79 Å². The summed E-state index contributed by atoms with van der Waals surface area (Å²) in [5.74, 6) is 2.89. The molecular formula is C19H34ClN3O. The Bertz CT molecular complexity index is 462. The van der Waals surface area contributed by atoms with Gasteiger partial charge in [0.2, 0.25) is 5.91 Å². The van der Waals surface area contributed by atoms with Gasteiger partial charge in [-0.05, 0) is 88.1 Å². The Labute approximate surface area is 152 Å². The van der Waals surface area contributed by atoms with E-state index in [2.05, 4.69) is 24.1 Å². The van der Waals surface area contributed by atoms with Crippen molar-refractivity contribution in [1.29, 1.82) is 0 Å². The Morgan fingerprint density at radius 2 is 1.75 bits per heavy atom. The van der Waals surface area contributed by atoms with Crippen LogP contribution in [0.5, 0.6) is 0 Å². The maximum absolute atomic E-state index is 12.9. The van der Waals surface area contributed by atoms with Crippen LogP contribution in [0.3, 0.4) is 0 Å². The van der Waals surface area contributed by atoms with Crippen LogP contribution >= 0.6 is 12.4 Å². The van der Waals surface area contributed by atoms with Gasteiger partial charge in [-0.15, -0.1) is 12.4 Å². The number of nitrogens with two attached hydrogens (primary N) is 1. The number of halogens is 1. The fraction of sp³-hybridized carbons (Fsp3) is 0.947. The normalized spacial score (nSPS) is 45.0. The van der Waals surface area contributed by atoms with Crippen molar-refractivity contribution >= 4 is 18.3 Å². The lowest BCUT2D eigenvalue weighted by Crippen LogP contribution is -2.62. The molecule has 138 valence electrons. The topological polar surface area (TPSA) is 58.4 Å². The number of carbonyl (C=O) groups is 1. The van der Waals surface area contributed by atoms with Crippen LogP contribution < -0.4 is 11.1 Å². The van der Waals surface area contributed by atoms with E-state index in [1.807, 2.05) is 0 Å². The van der Waals surface area contributed by atoms with Crippen molar-refractivity contribution in [2.45, 2.75) is 70.4 Å². The van der Waals surface area contributed by atoms with Crippen LogP contribution in [-0.4, -0.2) is 42.0 Å². The molecule has 0 aromatic heterocycles. The summed E-state index contributed by atoms with van der Waals surface area (Å²) in [6.45, 7) is 7.00. The molecule has 4 saturated carbocycles. The van der Waals surface area contributed by atoms with E-state index in [4.69, 9.17) is 5.73 Å². The highest BCUT2D eigenvalue weighted by Gasteiger charge is 2.52. The van der Waals surface area contributed by atoms with Crippen molar-refractivity contribution < 1.29 is 4.79 Å². The minimum Gasteiger partial charge on any atom is -0.349 e. The van der Waals surface area contributed by atoms with E-state index in [1.165, 1.54) is 38.5 Å². The molecule has 3 N–H and O–H groups in total. The van der Waals surface area contributed by atoms with E-state index >= 15 is 0 Å². The molecule has 5 aliphatic rings. The minimum absolute atomic E-state index is 0. The van der Waals surface area contributed by atoms with Crippen LogP contribution in [-0.2, 0) is 4.79 Å². The summed E-state index contributed by atoms with van der Waals surface area (Å²) in [6.07, 6.45) is 9.08. The molecule has 5 fully saturated rings. The van der Waals surface area contributed by atoms with Gasteiger partial charge in [-0.2, -0.15) is 0 Å². The minimum atomic E-state index is -0.0172.